The summed E-state index contributed by atoms with van der Waals surface area (Å²) in [5.74, 6) is 5.98. The molecule has 9 nitrogen and oxygen atoms in total. The predicted molar refractivity (Wildman–Crippen MR) is 589 cm³/mol. The van der Waals surface area contributed by atoms with Crippen molar-refractivity contribution in [3.8, 4) is 203 Å². The van der Waals surface area contributed by atoms with E-state index in [1.807, 2.05) is 72.8 Å². The summed E-state index contributed by atoms with van der Waals surface area (Å²) in [7, 11) is 0. The van der Waals surface area contributed by atoms with E-state index < -0.39 is 0 Å². The first kappa shape index (κ1) is 88.4. The van der Waals surface area contributed by atoms with E-state index in [4.69, 9.17) is 44.9 Å². The van der Waals surface area contributed by atoms with Crippen molar-refractivity contribution in [2.75, 3.05) is 0 Å². The van der Waals surface area contributed by atoms with Crippen LogP contribution in [0.4, 0.5) is 0 Å². The van der Waals surface area contributed by atoms with E-state index in [-0.39, 0.29) is 16.2 Å². The Morgan fingerprint density at radius 1 is 0.111 bits per heavy atom. The highest BCUT2D eigenvalue weighted by Crippen LogP contribution is 2.60. The zero-order valence-electron chi connectivity index (χ0n) is 80.4. The summed E-state index contributed by atoms with van der Waals surface area (Å²) in [4.78, 5) is 45.4. The molecular formula is C135H105N9. The molecule has 21 aromatic rings. The van der Waals surface area contributed by atoms with Gasteiger partial charge in [-0.25, -0.2) is 44.9 Å². The van der Waals surface area contributed by atoms with Gasteiger partial charge in [0.15, 0.2) is 52.4 Å². The van der Waals surface area contributed by atoms with Crippen molar-refractivity contribution in [1.29, 1.82) is 0 Å². The lowest BCUT2D eigenvalue weighted by Gasteiger charge is -2.36. The topological polar surface area (TPSA) is 116 Å². The Morgan fingerprint density at radius 2 is 0.299 bits per heavy atom. The average Bonchev–Trinajstić information content (AvgIpc) is 1.58. The Hall–Kier alpha value is -17.0. The fraction of sp³-hybridized carbons (Fsp3) is 0.133. The van der Waals surface area contributed by atoms with Gasteiger partial charge in [0, 0.05) is 66.3 Å². The van der Waals surface area contributed by atoms with Crippen molar-refractivity contribution in [1.82, 2.24) is 44.9 Å². The molecule has 3 saturated carbocycles. The summed E-state index contributed by atoms with van der Waals surface area (Å²) in [6.07, 6.45) is 19.3. The summed E-state index contributed by atoms with van der Waals surface area (Å²) >= 11 is 0. The monoisotopic (exact) mass is 1850 g/mol. The third-order valence-corrected chi connectivity index (χ3v) is 31.0. The highest BCUT2D eigenvalue weighted by atomic mass is 15.1. The molecule has 144 heavy (non-hydrogen) atoms. The lowest BCUT2D eigenvalue weighted by Crippen LogP contribution is -2.27. The van der Waals surface area contributed by atoms with Crippen LogP contribution in [0.5, 0.6) is 0 Å². The van der Waals surface area contributed by atoms with Gasteiger partial charge < -0.3 is 0 Å². The minimum Gasteiger partial charge on any atom is -0.208 e. The van der Waals surface area contributed by atoms with E-state index in [0.29, 0.717) is 52.4 Å². The maximum Gasteiger partial charge on any atom is 0.164 e. The smallest absolute Gasteiger partial charge is 0.164 e. The number of benzene rings is 18. The molecule has 0 amide bonds. The lowest BCUT2D eigenvalue weighted by atomic mass is 9.68. The first-order chi connectivity index (χ1) is 71.3. The summed E-state index contributed by atoms with van der Waals surface area (Å²) in [6.45, 7) is 0. The van der Waals surface area contributed by atoms with Crippen LogP contribution < -0.4 is 0 Å². The number of hydrogen-bond donors (Lipinski definition) is 0. The van der Waals surface area contributed by atoms with Gasteiger partial charge in [0.05, 0.1) is 0 Å². The summed E-state index contributed by atoms with van der Waals surface area (Å²) in [5, 5.41) is 0. The lowest BCUT2D eigenvalue weighted by molar-refractivity contribution is 0.353. The number of rotatable bonds is 15. The van der Waals surface area contributed by atoms with E-state index >= 15 is 0 Å². The summed E-state index contributed by atoms with van der Waals surface area (Å²) in [6, 6.07) is 162. The Kier molecular flexibility index (Phi) is 23.7. The van der Waals surface area contributed by atoms with Crippen LogP contribution in [0.25, 0.3) is 203 Å². The van der Waals surface area contributed by atoms with Gasteiger partial charge in [-0.1, -0.05) is 470 Å². The molecule has 6 aliphatic rings. The first-order valence-corrected chi connectivity index (χ1v) is 51.2. The van der Waals surface area contributed by atoms with E-state index in [1.54, 1.807) is 0 Å². The Balaban J connectivity index is 0.000000113. The van der Waals surface area contributed by atoms with Crippen molar-refractivity contribution in [2.24, 2.45) is 0 Å². The molecule has 9 heteroatoms. The average molecular weight is 1850 g/mol. The van der Waals surface area contributed by atoms with Gasteiger partial charge in [-0.05, 0) is 215 Å². The highest BCUT2D eigenvalue weighted by Gasteiger charge is 2.47. The number of nitrogens with zero attached hydrogens (tertiary/aromatic N) is 9. The van der Waals surface area contributed by atoms with Crippen molar-refractivity contribution in [2.45, 2.75) is 113 Å². The third-order valence-electron chi connectivity index (χ3n) is 31.0. The number of aromatic nitrogens is 9. The maximum absolute atomic E-state index is 5.17. The van der Waals surface area contributed by atoms with E-state index in [0.717, 1.165) is 94.6 Å². The molecule has 0 radical (unpaired) electrons. The SMILES string of the molecule is c1ccc(-c2cccc(-c3nc(-c4ccccc4)nc(-c4ccc(-c5ccc6c(c5)-c5ccccc5C65CCCCC5)cc4)n3)c2)cc1.c1ccc(-c2cccc(-c3nc(-c4ccccc4)nc(-c4cccc(-c5ccc6c(c5)-c5ccccc5C65CCCCC5)c4)n3)c2)cc1.c1ccc(-c2cccc(-c3nc(-c4ccccc4)nc(-c4ccccc4-c4ccc5c(c4)-c4ccccc4C54CCCCC4)n3)c2)cc1. The van der Waals surface area contributed by atoms with Crippen molar-refractivity contribution >= 4 is 0 Å². The second kappa shape index (κ2) is 38.5. The normalized spacial score (nSPS) is 14.4. The number of fused-ring (bicyclic) bond motifs is 15. The maximum atomic E-state index is 5.17. The molecule has 0 unspecified atom stereocenters. The largest absolute Gasteiger partial charge is 0.208 e. The van der Waals surface area contributed by atoms with Crippen LogP contribution in [0.15, 0.2) is 455 Å². The Bertz CT molecular complexity index is 8340. The zero-order chi connectivity index (χ0) is 95.8. The molecule has 690 valence electrons. The van der Waals surface area contributed by atoms with Gasteiger partial charge >= 0.3 is 0 Å². The molecule has 3 spiro atoms. The molecule has 0 N–H and O–H groups in total. The van der Waals surface area contributed by atoms with E-state index in [1.165, 1.54) is 185 Å². The van der Waals surface area contributed by atoms with Crippen LogP contribution >= 0.6 is 0 Å². The summed E-state index contributed by atoms with van der Waals surface area (Å²) in [5.41, 5.74) is 40.6. The van der Waals surface area contributed by atoms with Crippen molar-refractivity contribution < 1.29 is 0 Å². The highest BCUT2D eigenvalue weighted by molar-refractivity contribution is 5.92. The molecule has 3 fully saturated rings. The molecule has 27 rings (SSSR count). The fourth-order valence-corrected chi connectivity index (χ4v) is 24.0. The molecule has 18 aromatic carbocycles. The van der Waals surface area contributed by atoms with Crippen molar-refractivity contribution in [3.05, 3.63) is 488 Å². The van der Waals surface area contributed by atoms with Gasteiger partial charge in [-0.15, -0.1) is 0 Å². The minimum absolute atomic E-state index is 0.143. The van der Waals surface area contributed by atoms with Gasteiger partial charge in [-0.3, -0.25) is 0 Å². The van der Waals surface area contributed by atoms with Crippen LogP contribution in [-0.4, -0.2) is 44.9 Å². The molecule has 6 aliphatic carbocycles. The molecule has 3 aromatic heterocycles. The third kappa shape index (κ3) is 16.8. The van der Waals surface area contributed by atoms with Gasteiger partial charge in [0.25, 0.3) is 0 Å². The van der Waals surface area contributed by atoms with Crippen LogP contribution in [-0.2, 0) is 16.2 Å². The molecule has 0 atom stereocenters. The summed E-state index contributed by atoms with van der Waals surface area (Å²) < 4.78 is 0. The number of hydrogen-bond acceptors (Lipinski definition) is 9. The molecule has 3 heterocycles. The first-order valence-electron chi connectivity index (χ1n) is 51.2. The van der Waals surface area contributed by atoms with E-state index in [2.05, 4.69) is 382 Å². The van der Waals surface area contributed by atoms with Gasteiger partial charge in [-0.2, -0.15) is 0 Å². The Morgan fingerprint density at radius 3 is 0.618 bits per heavy atom. The fourth-order valence-electron chi connectivity index (χ4n) is 24.0. The van der Waals surface area contributed by atoms with Gasteiger partial charge in [0.2, 0.25) is 0 Å². The van der Waals surface area contributed by atoms with Crippen LogP contribution in [0, 0.1) is 0 Å². The quantitative estimate of drug-likeness (QED) is 0.0989. The van der Waals surface area contributed by atoms with Crippen molar-refractivity contribution in [3.63, 3.8) is 0 Å². The van der Waals surface area contributed by atoms with E-state index in [9.17, 15) is 0 Å². The second-order valence-electron chi connectivity index (χ2n) is 39.4. The van der Waals surface area contributed by atoms with Crippen LogP contribution in [0.2, 0.25) is 0 Å². The Labute approximate surface area is 842 Å². The van der Waals surface area contributed by atoms with Crippen LogP contribution in [0.3, 0.4) is 0 Å². The van der Waals surface area contributed by atoms with Crippen LogP contribution in [0.1, 0.15) is 130 Å². The predicted octanol–water partition coefficient (Wildman–Crippen LogP) is 34.3. The standard InChI is InChI=1S/3C45H35N3/c1-4-15-31(16-5-1)33-19-14-20-35(29-33)43-46-42(32-17-6-2-7-18-32)47-44(48-43)38-23-9-8-21-36(38)34-25-26-41-39(30-34)37-22-10-11-24-40(37)45(41)27-12-3-13-28-45;1-4-14-31(15-5-1)33-18-12-20-36(28-33)43-46-42(32-16-6-2-7-17-32)47-44(48-43)37-21-13-19-34(29-37)35-24-25-41-39(30-35)38-22-8-9-23-40(38)45(41)26-10-3-11-27-45;1-4-13-31(14-5-1)35-17-12-18-37(29-35)44-47-42(33-15-6-2-7-16-33)46-43(48-44)34-23-21-32(22-24-34)36-25-26-41-39(30-36)38-19-8-9-20-40(38)45(41)27-10-3-11-28-45/h1-2,4-11,14-26,29-30H,3,12-13,27-28H2;1-2,4-9,12-25,28-30H,3,10-11,26-27H2;1-2,4-9,12-26,29-30H,3,10-11,27-28H2. The molecule has 0 saturated heterocycles. The molecular weight excluding hydrogens is 1750 g/mol. The minimum atomic E-state index is 0.143. The second-order valence-corrected chi connectivity index (χ2v) is 39.4. The molecule has 0 bridgehead atoms. The zero-order valence-corrected chi connectivity index (χ0v) is 80.4. The van der Waals surface area contributed by atoms with Gasteiger partial charge in [0.1, 0.15) is 0 Å². The molecule has 0 aliphatic heterocycles.